The second kappa shape index (κ2) is 10.9. The molecule has 0 amide bonds. The SMILES string of the molecule is OCC(O)CN1CCOCC(Cc2ccnc(Nc3ncc(-c4ccc(F)cc4)s3)c2)C1. The van der Waals surface area contributed by atoms with Crippen LogP contribution in [0.15, 0.2) is 48.8 Å². The summed E-state index contributed by atoms with van der Waals surface area (Å²) in [6.45, 7) is 3.04. The van der Waals surface area contributed by atoms with Crippen molar-refractivity contribution >= 4 is 22.3 Å². The number of nitrogens with one attached hydrogen (secondary N) is 1. The maximum atomic E-state index is 13.2. The zero-order valence-corrected chi connectivity index (χ0v) is 18.5. The largest absolute Gasteiger partial charge is 0.394 e. The van der Waals surface area contributed by atoms with Crippen LogP contribution in [-0.2, 0) is 11.2 Å². The topological polar surface area (TPSA) is 90.7 Å². The highest BCUT2D eigenvalue weighted by atomic mass is 32.1. The third-order valence-electron chi connectivity index (χ3n) is 5.32. The summed E-state index contributed by atoms with van der Waals surface area (Å²) in [5, 5.41) is 22.9. The van der Waals surface area contributed by atoms with E-state index in [9.17, 15) is 9.50 Å². The molecule has 0 saturated carbocycles. The highest BCUT2D eigenvalue weighted by molar-refractivity contribution is 7.18. The molecule has 32 heavy (non-hydrogen) atoms. The molecule has 2 unspecified atom stereocenters. The highest BCUT2D eigenvalue weighted by Gasteiger charge is 2.21. The van der Waals surface area contributed by atoms with E-state index in [1.54, 1.807) is 24.5 Å². The summed E-state index contributed by atoms with van der Waals surface area (Å²) < 4.78 is 18.9. The minimum absolute atomic E-state index is 0.235. The quantitative estimate of drug-likeness (QED) is 0.478. The van der Waals surface area contributed by atoms with Crippen molar-refractivity contribution in [2.45, 2.75) is 12.5 Å². The molecule has 0 bridgehead atoms. The van der Waals surface area contributed by atoms with Crippen molar-refractivity contribution in [1.29, 1.82) is 0 Å². The molecule has 0 radical (unpaired) electrons. The van der Waals surface area contributed by atoms with Gasteiger partial charge >= 0.3 is 0 Å². The Morgan fingerprint density at radius 3 is 2.91 bits per heavy atom. The monoisotopic (exact) mass is 458 g/mol. The van der Waals surface area contributed by atoms with Crippen LogP contribution >= 0.6 is 11.3 Å². The molecule has 1 saturated heterocycles. The number of ether oxygens (including phenoxy) is 1. The Morgan fingerprint density at radius 1 is 1.25 bits per heavy atom. The Morgan fingerprint density at radius 2 is 2.09 bits per heavy atom. The molecular formula is C23H27FN4O3S. The van der Waals surface area contributed by atoms with Crippen LogP contribution in [0.3, 0.4) is 0 Å². The van der Waals surface area contributed by atoms with Gasteiger partial charge in [0.05, 0.1) is 30.8 Å². The molecule has 3 N–H and O–H groups in total. The van der Waals surface area contributed by atoms with Gasteiger partial charge in [-0.05, 0) is 47.7 Å². The lowest BCUT2D eigenvalue weighted by molar-refractivity contribution is 0.0562. The van der Waals surface area contributed by atoms with Crippen molar-refractivity contribution in [1.82, 2.24) is 14.9 Å². The Kier molecular flexibility index (Phi) is 7.77. The van der Waals surface area contributed by atoms with Gasteiger partial charge in [-0.2, -0.15) is 0 Å². The van der Waals surface area contributed by atoms with E-state index in [2.05, 4.69) is 20.2 Å². The van der Waals surface area contributed by atoms with Crippen LogP contribution in [0.2, 0.25) is 0 Å². The zero-order chi connectivity index (χ0) is 22.3. The number of thiazole rings is 1. The van der Waals surface area contributed by atoms with Crippen LogP contribution in [0, 0.1) is 11.7 Å². The molecule has 7 nitrogen and oxygen atoms in total. The first-order chi connectivity index (χ1) is 15.6. The van der Waals surface area contributed by atoms with E-state index in [-0.39, 0.29) is 18.3 Å². The number of β-amino-alcohol motifs (C(OH)–C–C–N with tert-alkyl or cyclic N) is 1. The molecule has 0 aliphatic carbocycles. The van der Waals surface area contributed by atoms with Gasteiger partial charge in [0.15, 0.2) is 5.13 Å². The van der Waals surface area contributed by atoms with Crippen LogP contribution in [0.4, 0.5) is 15.3 Å². The van der Waals surface area contributed by atoms with E-state index in [1.807, 2.05) is 12.1 Å². The first-order valence-electron chi connectivity index (χ1n) is 10.6. The molecule has 0 spiro atoms. The van der Waals surface area contributed by atoms with Gasteiger partial charge in [-0.3, -0.25) is 4.90 Å². The number of benzene rings is 1. The van der Waals surface area contributed by atoms with E-state index in [0.29, 0.717) is 25.6 Å². The average Bonchev–Trinajstić information content (AvgIpc) is 3.14. The van der Waals surface area contributed by atoms with Gasteiger partial charge in [0.2, 0.25) is 0 Å². The molecule has 2 atom stereocenters. The summed E-state index contributed by atoms with van der Waals surface area (Å²) in [6, 6.07) is 10.4. The van der Waals surface area contributed by atoms with E-state index in [1.165, 1.54) is 23.5 Å². The summed E-state index contributed by atoms with van der Waals surface area (Å²) in [7, 11) is 0. The van der Waals surface area contributed by atoms with Crippen LogP contribution in [-0.4, -0.2) is 70.6 Å². The van der Waals surface area contributed by atoms with Gasteiger partial charge in [-0.1, -0.05) is 23.5 Å². The number of aliphatic hydroxyl groups is 2. The van der Waals surface area contributed by atoms with Crippen LogP contribution in [0.25, 0.3) is 10.4 Å². The smallest absolute Gasteiger partial charge is 0.188 e. The van der Waals surface area contributed by atoms with Crippen molar-refractivity contribution in [3.63, 3.8) is 0 Å². The number of halogens is 1. The average molecular weight is 459 g/mol. The molecule has 1 fully saturated rings. The lowest BCUT2D eigenvalue weighted by Crippen LogP contribution is -2.38. The van der Waals surface area contributed by atoms with E-state index in [0.717, 1.165) is 40.6 Å². The van der Waals surface area contributed by atoms with Crippen molar-refractivity contribution in [3.05, 3.63) is 60.2 Å². The molecular weight excluding hydrogens is 431 g/mol. The van der Waals surface area contributed by atoms with Crippen LogP contribution < -0.4 is 5.32 Å². The van der Waals surface area contributed by atoms with Gasteiger partial charge in [0.1, 0.15) is 11.6 Å². The molecule has 3 aromatic rings. The molecule has 2 aromatic heterocycles. The predicted octanol–water partition coefficient (Wildman–Crippen LogP) is 2.93. The lowest BCUT2D eigenvalue weighted by atomic mass is 10.00. The number of hydrogen-bond donors (Lipinski definition) is 3. The maximum Gasteiger partial charge on any atom is 0.188 e. The standard InChI is InChI=1S/C23H27FN4O3S/c24-19-3-1-18(2-4-19)21-11-26-23(32-21)27-22-10-16(5-6-25-22)9-17-12-28(7-8-31-15-17)13-20(30)14-29/h1-6,10-11,17,20,29-30H,7-9,12-15H2,(H,25,26,27). The van der Waals surface area contributed by atoms with E-state index < -0.39 is 6.10 Å². The van der Waals surface area contributed by atoms with Gasteiger partial charge in [-0.25, -0.2) is 14.4 Å². The normalized spacial score (nSPS) is 18.3. The first kappa shape index (κ1) is 22.8. The van der Waals surface area contributed by atoms with Crippen LogP contribution in [0.1, 0.15) is 5.56 Å². The Balaban J connectivity index is 1.38. The molecule has 1 aliphatic rings. The van der Waals surface area contributed by atoms with Gasteiger partial charge < -0.3 is 20.3 Å². The molecule has 9 heteroatoms. The number of aromatic nitrogens is 2. The van der Waals surface area contributed by atoms with Gasteiger partial charge in [-0.15, -0.1) is 0 Å². The molecule has 4 rings (SSSR count). The second-order valence-electron chi connectivity index (χ2n) is 7.95. The fourth-order valence-electron chi connectivity index (χ4n) is 3.79. The van der Waals surface area contributed by atoms with Crippen molar-refractivity contribution in [2.24, 2.45) is 5.92 Å². The summed E-state index contributed by atoms with van der Waals surface area (Å²) in [5.74, 6) is 0.734. The third kappa shape index (κ3) is 6.30. The number of anilines is 2. The number of hydrogen-bond acceptors (Lipinski definition) is 8. The third-order valence-corrected chi connectivity index (χ3v) is 6.28. The van der Waals surface area contributed by atoms with Crippen molar-refractivity contribution in [2.75, 3.05) is 44.8 Å². The van der Waals surface area contributed by atoms with Crippen LogP contribution in [0.5, 0.6) is 0 Å². The summed E-state index contributed by atoms with van der Waals surface area (Å²) in [5.41, 5.74) is 2.05. The summed E-state index contributed by atoms with van der Waals surface area (Å²) >= 11 is 1.48. The van der Waals surface area contributed by atoms with Crippen molar-refractivity contribution < 1.29 is 19.3 Å². The zero-order valence-electron chi connectivity index (χ0n) is 17.7. The van der Waals surface area contributed by atoms with Crippen molar-refractivity contribution in [3.8, 4) is 10.4 Å². The summed E-state index contributed by atoms with van der Waals surface area (Å²) in [4.78, 5) is 11.9. The van der Waals surface area contributed by atoms with Gasteiger partial charge in [0.25, 0.3) is 0 Å². The minimum atomic E-state index is -0.733. The highest BCUT2D eigenvalue weighted by Crippen LogP contribution is 2.30. The molecule has 3 heterocycles. The van der Waals surface area contributed by atoms with E-state index >= 15 is 0 Å². The second-order valence-corrected chi connectivity index (χ2v) is 8.98. The Labute approximate surface area is 190 Å². The molecule has 170 valence electrons. The minimum Gasteiger partial charge on any atom is -0.394 e. The number of nitrogens with zero attached hydrogens (tertiary/aromatic N) is 3. The van der Waals surface area contributed by atoms with Gasteiger partial charge in [0, 0.05) is 32.0 Å². The molecule has 1 aromatic carbocycles. The maximum absolute atomic E-state index is 13.2. The molecule has 1 aliphatic heterocycles. The number of aliphatic hydroxyl groups excluding tert-OH is 2. The fourth-order valence-corrected chi connectivity index (χ4v) is 4.62. The first-order valence-corrected chi connectivity index (χ1v) is 11.4. The van der Waals surface area contributed by atoms with E-state index in [4.69, 9.17) is 9.84 Å². The Hall–Kier alpha value is -2.43. The predicted molar refractivity (Wildman–Crippen MR) is 123 cm³/mol. The number of pyridine rings is 1. The Bertz CT molecular complexity index is 1000. The summed E-state index contributed by atoms with van der Waals surface area (Å²) in [6.07, 6.45) is 3.63. The lowest BCUT2D eigenvalue weighted by Gasteiger charge is -2.25. The number of rotatable bonds is 8. The fraction of sp³-hybridized carbons (Fsp3) is 0.391.